The molecule has 1 aromatic rings. The predicted octanol–water partition coefficient (Wildman–Crippen LogP) is 1.33. The fourth-order valence-corrected chi connectivity index (χ4v) is 2.11. The van der Waals surface area contributed by atoms with E-state index in [4.69, 9.17) is 10.5 Å². The summed E-state index contributed by atoms with van der Waals surface area (Å²) in [6.45, 7) is 5.00. The van der Waals surface area contributed by atoms with Gasteiger partial charge in [0, 0.05) is 24.8 Å². The number of ether oxygens (including phenoxy) is 1. The van der Waals surface area contributed by atoms with Crippen molar-refractivity contribution < 1.29 is 9.53 Å². The highest BCUT2D eigenvalue weighted by Gasteiger charge is 2.40. The summed E-state index contributed by atoms with van der Waals surface area (Å²) in [5.74, 6) is 0.648. The van der Waals surface area contributed by atoms with E-state index in [9.17, 15) is 4.79 Å². The van der Waals surface area contributed by atoms with Gasteiger partial charge in [-0.2, -0.15) is 0 Å². The third-order valence-electron chi connectivity index (χ3n) is 3.17. The van der Waals surface area contributed by atoms with Crippen molar-refractivity contribution in [3.63, 3.8) is 0 Å². The van der Waals surface area contributed by atoms with Crippen LogP contribution in [-0.2, 0) is 4.79 Å². The number of hydrogen-bond donors (Lipinski definition) is 1. The normalized spacial score (nSPS) is 17.3. The molecule has 0 saturated carbocycles. The number of hydrogen-bond acceptors (Lipinski definition) is 4. The summed E-state index contributed by atoms with van der Waals surface area (Å²) in [5.41, 5.74) is 6.35. The molecule has 0 spiro atoms. The van der Waals surface area contributed by atoms with Gasteiger partial charge in [0.25, 0.3) is 5.91 Å². The Bertz CT molecular complexity index is 497. The molecule has 5 nitrogen and oxygen atoms in total. The van der Waals surface area contributed by atoms with Crippen molar-refractivity contribution in [2.45, 2.75) is 19.4 Å². The molecule has 0 saturated heterocycles. The highest BCUT2D eigenvalue weighted by molar-refractivity contribution is 6.02. The van der Waals surface area contributed by atoms with Gasteiger partial charge in [-0.1, -0.05) is 0 Å². The summed E-state index contributed by atoms with van der Waals surface area (Å²) in [4.78, 5) is 16.3. The van der Waals surface area contributed by atoms with E-state index in [-0.39, 0.29) is 5.91 Å². The Hall–Kier alpha value is -1.75. The van der Waals surface area contributed by atoms with E-state index in [1.807, 2.05) is 25.1 Å². The van der Waals surface area contributed by atoms with Crippen molar-refractivity contribution in [2.75, 3.05) is 37.8 Å². The summed E-state index contributed by atoms with van der Waals surface area (Å²) in [5, 5.41) is 0. The summed E-state index contributed by atoms with van der Waals surface area (Å²) in [6, 6.07) is 5.40. The van der Waals surface area contributed by atoms with Crippen molar-refractivity contribution in [3.8, 4) is 5.75 Å². The number of nitrogens with zero attached hydrogens (tertiary/aromatic N) is 2. The molecule has 5 heteroatoms. The molecular weight excluding hydrogens is 242 g/mol. The SMILES string of the molecule is CN(C)CCN1C(=O)C(C)(C)Oc2cc(N)ccc21. The fourth-order valence-electron chi connectivity index (χ4n) is 2.11. The number of benzene rings is 1. The third-order valence-corrected chi connectivity index (χ3v) is 3.17. The molecule has 1 aromatic carbocycles. The van der Waals surface area contributed by atoms with Crippen molar-refractivity contribution >= 4 is 17.3 Å². The molecule has 2 N–H and O–H groups in total. The molecule has 19 heavy (non-hydrogen) atoms. The Balaban J connectivity index is 2.38. The van der Waals surface area contributed by atoms with Crippen LogP contribution in [0.3, 0.4) is 0 Å². The van der Waals surface area contributed by atoms with E-state index in [1.165, 1.54) is 0 Å². The largest absolute Gasteiger partial charge is 0.476 e. The zero-order chi connectivity index (χ0) is 14.2. The van der Waals surface area contributed by atoms with E-state index in [0.717, 1.165) is 12.2 Å². The van der Waals surface area contributed by atoms with Gasteiger partial charge < -0.3 is 20.3 Å². The van der Waals surface area contributed by atoms with Gasteiger partial charge in [-0.25, -0.2) is 0 Å². The van der Waals surface area contributed by atoms with Crippen molar-refractivity contribution in [3.05, 3.63) is 18.2 Å². The second-order valence-electron chi connectivity index (χ2n) is 5.60. The maximum atomic E-state index is 12.5. The van der Waals surface area contributed by atoms with Crippen LogP contribution < -0.4 is 15.4 Å². The zero-order valence-electron chi connectivity index (χ0n) is 11.9. The molecular formula is C14H21N3O2. The fraction of sp³-hybridized carbons (Fsp3) is 0.500. The van der Waals surface area contributed by atoms with Crippen LogP contribution >= 0.6 is 0 Å². The number of carbonyl (C=O) groups is 1. The molecule has 1 heterocycles. The lowest BCUT2D eigenvalue weighted by molar-refractivity contribution is -0.132. The van der Waals surface area contributed by atoms with Crippen LogP contribution in [0.5, 0.6) is 5.75 Å². The smallest absolute Gasteiger partial charge is 0.270 e. The average Bonchev–Trinajstić information content (AvgIpc) is 2.29. The lowest BCUT2D eigenvalue weighted by Gasteiger charge is -2.39. The summed E-state index contributed by atoms with van der Waals surface area (Å²) in [7, 11) is 3.97. The van der Waals surface area contributed by atoms with E-state index >= 15 is 0 Å². The number of fused-ring (bicyclic) bond motifs is 1. The zero-order valence-corrected chi connectivity index (χ0v) is 11.9. The first kappa shape index (κ1) is 13.7. The minimum absolute atomic E-state index is 0.0216. The van der Waals surface area contributed by atoms with Crippen molar-refractivity contribution in [1.29, 1.82) is 0 Å². The molecule has 0 bridgehead atoms. The Morgan fingerprint density at radius 2 is 2.05 bits per heavy atom. The molecule has 1 amide bonds. The van der Waals surface area contributed by atoms with E-state index in [0.29, 0.717) is 18.0 Å². The highest BCUT2D eigenvalue weighted by Crippen LogP contribution is 2.38. The second-order valence-corrected chi connectivity index (χ2v) is 5.60. The summed E-state index contributed by atoms with van der Waals surface area (Å²) in [6.07, 6.45) is 0. The van der Waals surface area contributed by atoms with E-state index in [2.05, 4.69) is 0 Å². The van der Waals surface area contributed by atoms with Crippen LogP contribution in [0.15, 0.2) is 18.2 Å². The maximum absolute atomic E-state index is 12.5. The number of amides is 1. The van der Waals surface area contributed by atoms with Gasteiger partial charge in [-0.15, -0.1) is 0 Å². The Labute approximate surface area is 113 Å². The van der Waals surface area contributed by atoms with Crippen LogP contribution in [-0.4, -0.2) is 43.6 Å². The van der Waals surface area contributed by atoms with Crippen LogP contribution in [0.25, 0.3) is 0 Å². The molecule has 0 unspecified atom stereocenters. The topological polar surface area (TPSA) is 58.8 Å². The van der Waals surface area contributed by atoms with Gasteiger partial charge in [0.2, 0.25) is 0 Å². The lowest BCUT2D eigenvalue weighted by atomic mass is 10.0. The van der Waals surface area contributed by atoms with Gasteiger partial charge in [0.15, 0.2) is 5.60 Å². The Kier molecular flexibility index (Phi) is 3.41. The van der Waals surface area contributed by atoms with Gasteiger partial charge in [0.1, 0.15) is 5.75 Å². The first-order valence-electron chi connectivity index (χ1n) is 6.36. The number of nitrogens with two attached hydrogens (primary N) is 1. The van der Waals surface area contributed by atoms with Gasteiger partial charge in [-0.3, -0.25) is 4.79 Å². The standard InChI is InChI=1S/C14H21N3O2/c1-14(2)13(18)17(8-7-16(3)4)11-6-5-10(15)9-12(11)19-14/h5-6,9H,7-8,15H2,1-4H3. The lowest BCUT2D eigenvalue weighted by Crippen LogP contribution is -2.53. The van der Waals surface area contributed by atoms with Crippen LogP contribution in [0.4, 0.5) is 11.4 Å². The quantitative estimate of drug-likeness (QED) is 0.836. The van der Waals surface area contributed by atoms with Crippen LogP contribution in [0.2, 0.25) is 0 Å². The molecule has 104 valence electrons. The average molecular weight is 263 g/mol. The van der Waals surface area contributed by atoms with Crippen LogP contribution in [0.1, 0.15) is 13.8 Å². The third kappa shape index (κ3) is 2.66. The number of rotatable bonds is 3. The minimum atomic E-state index is -0.854. The van der Waals surface area contributed by atoms with Gasteiger partial charge in [0.05, 0.1) is 5.69 Å². The minimum Gasteiger partial charge on any atom is -0.476 e. The first-order chi connectivity index (χ1) is 8.81. The maximum Gasteiger partial charge on any atom is 0.270 e. The number of nitrogen functional groups attached to an aromatic ring is 1. The summed E-state index contributed by atoms with van der Waals surface area (Å²) < 4.78 is 5.76. The molecule has 0 atom stereocenters. The Morgan fingerprint density at radius 1 is 1.37 bits per heavy atom. The number of carbonyl (C=O) groups excluding carboxylic acids is 1. The molecule has 0 radical (unpaired) electrons. The monoisotopic (exact) mass is 263 g/mol. The van der Waals surface area contributed by atoms with Gasteiger partial charge in [-0.05, 0) is 40.1 Å². The summed E-state index contributed by atoms with van der Waals surface area (Å²) >= 11 is 0. The molecule has 1 aliphatic rings. The van der Waals surface area contributed by atoms with Crippen molar-refractivity contribution in [1.82, 2.24) is 4.90 Å². The van der Waals surface area contributed by atoms with Crippen LogP contribution in [0, 0.1) is 0 Å². The van der Waals surface area contributed by atoms with Gasteiger partial charge >= 0.3 is 0 Å². The molecule has 2 rings (SSSR count). The van der Waals surface area contributed by atoms with E-state index < -0.39 is 5.60 Å². The molecule has 0 aliphatic carbocycles. The van der Waals surface area contributed by atoms with E-state index in [1.54, 1.807) is 30.9 Å². The molecule has 0 aromatic heterocycles. The first-order valence-corrected chi connectivity index (χ1v) is 6.36. The van der Waals surface area contributed by atoms with Crippen molar-refractivity contribution in [2.24, 2.45) is 0 Å². The number of anilines is 2. The molecule has 0 fully saturated rings. The highest BCUT2D eigenvalue weighted by atomic mass is 16.5. The predicted molar refractivity (Wildman–Crippen MR) is 76.5 cm³/mol. The second kappa shape index (κ2) is 4.74. The Morgan fingerprint density at radius 3 is 2.68 bits per heavy atom. The molecule has 1 aliphatic heterocycles. The number of likely N-dealkylation sites (N-methyl/N-ethyl adjacent to an activating group) is 1.